The standard InChI is InChI=1S/C16H14N2O2S/c1-10-18-13-4-3-12(7-16(13)21-10)17-8-11-2-5-14-15(6-11)20-9-19-14/h2-7,17H,8-9H2,1H3. The van der Waals surface area contributed by atoms with Crippen LogP contribution in [0.1, 0.15) is 10.6 Å². The number of anilines is 1. The third kappa shape index (κ3) is 2.40. The summed E-state index contributed by atoms with van der Waals surface area (Å²) in [5, 5.41) is 4.53. The van der Waals surface area contributed by atoms with Crippen molar-refractivity contribution in [3.05, 3.63) is 47.0 Å². The molecule has 0 unspecified atom stereocenters. The van der Waals surface area contributed by atoms with Gasteiger partial charge >= 0.3 is 0 Å². The van der Waals surface area contributed by atoms with E-state index in [0.29, 0.717) is 6.79 Å². The Kier molecular flexibility index (Phi) is 2.93. The Morgan fingerprint density at radius 2 is 2.05 bits per heavy atom. The second-order valence-corrected chi connectivity index (χ2v) is 6.19. The molecule has 0 radical (unpaired) electrons. The molecule has 4 nitrogen and oxygen atoms in total. The normalized spacial score (nSPS) is 12.8. The molecule has 3 aromatic rings. The number of hydrogen-bond acceptors (Lipinski definition) is 5. The van der Waals surface area contributed by atoms with Crippen molar-refractivity contribution in [2.75, 3.05) is 12.1 Å². The lowest BCUT2D eigenvalue weighted by atomic mass is 10.2. The van der Waals surface area contributed by atoms with Crippen molar-refractivity contribution in [2.45, 2.75) is 13.5 Å². The highest BCUT2D eigenvalue weighted by molar-refractivity contribution is 7.18. The van der Waals surface area contributed by atoms with Crippen LogP contribution in [-0.4, -0.2) is 11.8 Å². The molecular formula is C16H14N2O2S. The Morgan fingerprint density at radius 3 is 3.00 bits per heavy atom. The number of hydrogen-bond donors (Lipinski definition) is 1. The lowest BCUT2D eigenvalue weighted by Crippen LogP contribution is -1.99. The fourth-order valence-electron chi connectivity index (χ4n) is 2.40. The number of nitrogens with zero attached hydrogens (tertiary/aromatic N) is 1. The van der Waals surface area contributed by atoms with Gasteiger partial charge in [-0.1, -0.05) is 6.07 Å². The topological polar surface area (TPSA) is 43.4 Å². The van der Waals surface area contributed by atoms with E-state index in [1.54, 1.807) is 11.3 Å². The van der Waals surface area contributed by atoms with Crippen molar-refractivity contribution in [3.63, 3.8) is 0 Å². The smallest absolute Gasteiger partial charge is 0.231 e. The minimum Gasteiger partial charge on any atom is -0.454 e. The van der Waals surface area contributed by atoms with Gasteiger partial charge in [-0.15, -0.1) is 11.3 Å². The molecule has 0 fully saturated rings. The zero-order valence-corrected chi connectivity index (χ0v) is 12.4. The average molecular weight is 298 g/mol. The Morgan fingerprint density at radius 1 is 1.14 bits per heavy atom. The lowest BCUT2D eigenvalue weighted by Gasteiger charge is -2.07. The van der Waals surface area contributed by atoms with Crippen LogP contribution in [0, 0.1) is 6.92 Å². The minimum atomic E-state index is 0.313. The fourth-order valence-corrected chi connectivity index (χ4v) is 3.27. The van der Waals surface area contributed by atoms with Crippen molar-refractivity contribution in [1.29, 1.82) is 0 Å². The molecule has 0 atom stereocenters. The molecule has 0 saturated carbocycles. The molecule has 1 aliphatic rings. The molecule has 5 heteroatoms. The molecule has 1 aromatic heterocycles. The third-order valence-electron chi connectivity index (χ3n) is 3.43. The van der Waals surface area contributed by atoms with Crippen LogP contribution in [0.3, 0.4) is 0 Å². The van der Waals surface area contributed by atoms with Crippen LogP contribution in [-0.2, 0) is 6.54 Å². The Labute approximate surface area is 126 Å². The largest absolute Gasteiger partial charge is 0.454 e. The third-order valence-corrected chi connectivity index (χ3v) is 4.36. The van der Waals surface area contributed by atoms with E-state index >= 15 is 0 Å². The summed E-state index contributed by atoms with van der Waals surface area (Å²) in [5.74, 6) is 1.64. The van der Waals surface area contributed by atoms with Crippen LogP contribution in [0.25, 0.3) is 10.2 Å². The van der Waals surface area contributed by atoms with E-state index < -0.39 is 0 Å². The van der Waals surface area contributed by atoms with Crippen LogP contribution in [0.4, 0.5) is 5.69 Å². The van der Waals surface area contributed by atoms with Crippen molar-refractivity contribution in [3.8, 4) is 11.5 Å². The van der Waals surface area contributed by atoms with Gasteiger partial charge in [0.15, 0.2) is 11.5 Å². The maximum atomic E-state index is 5.39. The summed E-state index contributed by atoms with van der Waals surface area (Å²) in [6.45, 7) is 3.10. The lowest BCUT2D eigenvalue weighted by molar-refractivity contribution is 0.174. The van der Waals surface area contributed by atoms with Gasteiger partial charge in [0, 0.05) is 12.2 Å². The maximum Gasteiger partial charge on any atom is 0.231 e. The van der Waals surface area contributed by atoms with E-state index in [2.05, 4.69) is 34.6 Å². The van der Waals surface area contributed by atoms with E-state index in [1.165, 1.54) is 10.3 Å². The van der Waals surface area contributed by atoms with Gasteiger partial charge in [-0.3, -0.25) is 0 Å². The summed E-state index contributed by atoms with van der Waals surface area (Å²) >= 11 is 1.72. The molecule has 0 spiro atoms. The molecule has 1 N–H and O–H groups in total. The van der Waals surface area contributed by atoms with Gasteiger partial charge in [0.25, 0.3) is 0 Å². The second-order valence-electron chi connectivity index (χ2n) is 4.96. The predicted octanol–water partition coefficient (Wildman–Crippen LogP) is 3.95. The SMILES string of the molecule is Cc1nc2ccc(NCc3ccc4c(c3)OCO4)cc2s1. The summed E-state index contributed by atoms with van der Waals surface area (Å²) in [5.41, 5.74) is 3.33. The van der Waals surface area contributed by atoms with Crippen LogP contribution < -0.4 is 14.8 Å². The maximum absolute atomic E-state index is 5.39. The van der Waals surface area contributed by atoms with Crippen LogP contribution in [0.2, 0.25) is 0 Å². The number of aromatic nitrogens is 1. The van der Waals surface area contributed by atoms with Gasteiger partial charge in [0.1, 0.15) is 0 Å². The van der Waals surface area contributed by atoms with Gasteiger partial charge in [-0.2, -0.15) is 0 Å². The molecule has 0 saturated heterocycles. The van der Waals surface area contributed by atoms with Gasteiger partial charge < -0.3 is 14.8 Å². The van der Waals surface area contributed by atoms with E-state index in [1.807, 2.05) is 19.1 Å². The van der Waals surface area contributed by atoms with Gasteiger partial charge in [0.05, 0.1) is 15.2 Å². The van der Waals surface area contributed by atoms with Gasteiger partial charge in [-0.05, 0) is 42.8 Å². The second kappa shape index (κ2) is 4.93. The minimum absolute atomic E-state index is 0.313. The average Bonchev–Trinajstić information content (AvgIpc) is 3.08. The number of ether oxygens (including phenoxy) is 2. The molecule has 2 aromatic carbocycles. The van der Waals surface area contributed by atoms with Crippen molar-refractivity contribution in [1.82, 2.24) is 4.98 Å². The molecule has 21 heavy (non-hydrogen) atoms. The van der Waals surface area contributed by atoms with Crippen LogP contribution >= 0.6 is 11.3 Å². The van der Waals surface area contributed by atoms with E-state index in [-0.39, 0.29) is 0 Å². The Bertz CT molecular complexity index is 813. The summed E-state index contributed by atoms with van der Waals surface area (Å²) in [6.07, 6.45) is 0. The summed E-state index contributed by atoms with van der Waals surface area (Å²) in [6, 6.07) is 12.3. The molecule has 2 heterocycles. The quantitative estimate of drug-likeness (QED) is 0.795. The van der Waals surface area contributed by atoms with Gasteiger partial charge in [0.2, 0.25) is 6.79 Å². The Balaban J connectivity index is 1.52. The molecule has 0 bridgehead atoms. The molecular weight excluding hydrogens is 284 g/mol. The number of rotatable bonds is 3. The number of thiazole rings is 1. The summed E-state index contributed by atoms with van der Waals surface area (Å²) in [7, 11) is 0. The highest BCUT2D eigenvalue weighted by Gasteiger charge is 2.12. The highest BCUT2D eigenvalue weighted by atomic mass is 32.1. The van der Waals surface area contributed by atoms with Gasteiger partial charge in [-0.25, -0.2) is 4.98 Å². The van der Waals surface area contributed by atoms with Crippen LogP contribution in [0.15, 0.2) is 36.4 Å². The first kappa shape index (κ1) is 12.5. The number of benzene rings is 2. The summed E-state index contributed by atoms with van der Waals surface area (Å²) < 4.78 is 11.9. The molecule has 0 amide bonds. The first-order chi connectivity index (χ1) is 10.3. The molecule has 106 valence electrons. The van der Waals surface area contributed by atoms with Crippen molar-refractivity contribution >= 4 is 27.2 Å². The number of fused-ring (bicyclic) bond motifs is 2. The highest BCUT2D eigenvalue weighted by Crippen LogP contribution is 2.32. The van der Waals surface area contributed by atoms with E-state index in [0.717, 1.165) is 34.3 Å². The number of aryl methyl sites for hydroxylation is 1. The van der Waals surface area contributed by atoms with Crippen molar-refractivity contribution in [2.24, 2.45) is 0 Å². The molecule has 4 rings (SSSR count). The number of nitrogens with one attached hydrogen (secondary N) is 1. The Hall–Kier alpha value is -2.27. The van der Waals surface area contributed by atoms with E-state index in [4.69, 9.17) is 9.47 Å². The molecule has 1 aliphatic heterocycles. The first-order valence-electron chi connectivity index (χ1n) is 6.77. The monoisotopic (exact) mass is 298 g/mol. The predicted molar refractivity (Wildman–Crippen MR) is 84.2 cm³/mol. The van der Waals surface area contributed by atoms with Crippen molar-refractivity contribution < 1.29 is 9.47 Å². The zero-order chi connectivity index (χ0) is 14.2. The zero-order valence-electron chi connectivity index (χ0n) is 11.6. The van der Waals surface area contributed by atoms with E-state index in [9.17, 15) is 0 Å². The van der Waals surface area contributed by atoms with Crippen LogP contribution in [0.5, 0.6) is 11.5 Å². The molecule has 0 aliphatic carbocycles. The first-order valence-corrected chi connectivity index (χ1v) is 7.59. The fraction of sp³-hybridized carbons (Fsp3) is 0.188. The summed E-state index contributed by atoms with van der Waals surface area (Å²) in [4.78, 5) is 4.47.